The van der Waals surface area contributed by atoms with E-state index in [4.69, 9.17) is 0 Å². The second kappa shape index (κ2) is 6.70. The fourth-order valence-corrected chi connectivity index (χ4v) is 4.57. The third-order valence-electron chi connectivity index (χ3n) is 4.47. The fourth-order valence-electron chi connectivity index (χ4n) is 3.59. The quantitative estimate of drug-likeness (QED) is 0.799. The standard InChI is InChI=1S/C17H25N5OS/c1-10-6-11(2)9-21(8-10)16(23)13(4)24-17-20-19-15-7-12(3)18-14(5)22(15)17/h7,10-11,13H,6,8-9H2,1-5H3. The van der Waals surface area contributed by atoms with Crippen molar-refractivity contribution < 1.29 is 4.79 Å². The van der Waals surface area contributed by atoms with E-state index in [1.54, 1.807) is 0 Å². The summed E-state index contributed by atoms with van der Waals surface area (Å²) in [4.78, 5) is 19.3. The molecule has 6 nitrogen and oxygen atoms in total. The lowest BCUT2D eigenvalue weighted by Crippen LogP contribution is -2.45. The minimum Gasteiger partial charge on any atom is -0.341 e. The molecule has 0 spiro atoms. The molecule has 3 atom stereocenters. The van der Waals surface area contributed by atoms with Crippen LogP contribution in [0, 0.1) is 25.7 Å². The fraction of sp³-hybridized carbons (Fsp3) is 0.647. The Morgan fingerprint density at radius 1 is 1.25 bits per heavy atom. The maximum absolute atomic E-state index is 12.8. The number of likely N-dealkylation sites (tertiary alicyclic amines) is 1. The molecule has 3 rings (SSSR count). The molecule has 0 N–H and O–H groups in total. The number of thioether (sulfide) groups is 1. The molecule has 1 amide bonds. The molecule has 1 saturated heterocycles. The highest BCUT2D eigenvalue weighted by Crippen LogP contribution is 2.27. The van der Waals surface area contributed by atoms with Crippen LogP contribution in [0.25, 0.3) is 5.65 Å². The Labute approximate surface area is 147 Å². The molecular formula is C17H25N5OS. The van der Waals surface area contributed by atoms with Gasteiger partial charge in [0.2, 0.25) is 5.91 Å². The zero-order chi connectivity index (χ0) is 17.4. The number of fused-ring (bicyclic) bond motifs is 1. The van der Waals surface area contributed by atoms with Crippen molar-refractivity contribution in [3.05, 3.63) is 17.6 Å². The maximum atomic E-state index is 12.8. The lowest BCUT2D eigenvalue weighted by molar-refractivity contribution is -0.132. The third-order valence-corrected chi connectivity index (χ3v) is 5.50. The number of aryl methyl sites for hydroxylation is 2. The SMILES string of the molecule is Cc1cc2nnc(SC(C)C(=O)N3CC(C)CC(C)C3)n2c(C)n1. The first-order chi connectivity index (χ1) is 11.3. The van der Waals surface area contributed by atoms with Gasteiger partial charge in [-0.1, -0.05) is 25.6 Å². The Kier molecular flexibility index (Phi) is 4.80. The Bertz CT molecular complexity index is 749. The summed E-state index contributed by atoms with van der Waals surface area (Å²) in [6.07, 6.45) is 1.20. The van der Waals surface area contributed by atoms with Crippen LogP contribution in [0.2, 0.25) is 0 Å². The van der Waals surface area contributed by atoms with Gasteiger partial charge in [0.05, 0.1) is 5.25 Å². The van der Waals surface area contributed by atoms with Crippen molar-refractivity contribution in [2.24, 2.45) is 11.8 Å². The number of amides is 1. The van der Waals surface area contributed by atoms with Gasteiger partial charge in [-0.05, 0) is 39.0 Å². The van der Waals surface area contributed by atoms with Gasteiger partial charge in [0.15, 0.2) is 10.8 Å². The largest absolute Gasteiger partial charge is 0.341 e. The molecule has 1 aliphatic rings. The van der Waals surface area contributed by atoms with Crippen molar-refractivity contribution in [3.8, 4) is 0 Å². The topological polar surface area (TPSA) is 63.4 Å². The number of hydrogen-bond acceptors (Lipinski definition) is 5. The normalized spacial score (nSPS) is 22.8. The molecule has 1 aliphatic heterocycles. The zero-order valence-electron chi connectivity index (χ0n) is 15.0. The number of piperidine rings is 1. The summed E-state index contributed by atoms with van der Waals surface area (Å²) in [6, 6.07) is 1.91. The average Bonchev–Trinajstić information content (AvgIpc) is 2.88. The van der Waals surface area contributed by atoms with Crippen LogP contribution in [0.5, 0.6) is 0 Å². The number of carbonyl (C=O) groups excluding carboxylic acids is 1. The molecule has 2 aromatic heterocycles. The van der Waals surface area contributed by atoms with Gasteiger partial charge in [0, 0.05) is 24.8 Å². The summed E-state index contributed by atoms with van der Waals surface area (Å²) in [5.41, 5.74) is 1.70. The van der Waals surface area contributed by atoms with Gasteiger partial charge in [-0.3, -0.25) is 9.20 Å². The molecule has 2 aromatic rings. The zero-order valence-corrected chi connectivity index (χ0v) is 15.8. The molecule has 0 aliphatic carbocycles. The van der Waals surface area contributed by atoms with E-state index in [1.807, 2.05) is 36.1 Å². The lowest BCUT2D eigenvalue weighted by Gasteiger charge is -2.36. The van der Waals surface area contributed by atoms with Crippen LogP contribution in [-0.2, 0) is 4.79 Å². The van der Waals surface area contributed by atoms with E-state index in [2.05, 4.69) is 29.0 Å². The van der Waals surface area contributed by atoms with Crippen molar-refractivity contribution in [2.75, 3.05) is 13.1 Å². The van der Waals surface area contributed by atoms with Crippen LogP contribution < -0.4 is 0 Å². The Hall–Kier alpha value is -1.63. The molecule has 1 fully saturated rings. The first kappa shape index (κ1) is 17.2. The second-order valence-electron chi connectivity index (χ2n) is 7.07. The van der Waals surface area contributed by atoms with Crippen molar-refractivity contribution in [1.82, 2.24) is 24.5 Å². The summed E-state index contributed by atoms with van der Waals surface area (Å²) in [6.45, 7) is 12.0. The Morgan fingerprint density at radius 3 is 2.58 bits per heavy atom. The highest BCUT2D eigenvalue weighted by molar-refractivity contribution is 8.00. The van der Waals surface area contributed by atoms with E-state index in [0.29, 0.717) is 11.8 Å². The second-order valence-corrected chi connectivity index (χ2v) is 8.38. The van der Waals surface area contributed by atoms with E-state index >= 15 is 0 Å². The summed E-state index contributed by atoms with van der Waals surface area (Å²) in [7, 11) is 0. The predicted octanol–water partition coefficient (Wildman–Crippen LogP) is 2.73. The highest BCUT2D eigenvalue weighted by Gasteiger charge is 2.29. The van der Waals surface area contributed by atoms with Gasteiger partial charge in [-0.15, -0.1) is 10.2 Å². The average molecular weight is 347 g/mol. The number of nitrogens with zero attached hydrogens (tertiary/aromatic N) is 5. The van der Waals surface area contributed by atoms with Crippen molar-refractivity contribution in [3.63, 3.8) is 0 Å². The lowest BCUT2D eigenvalue weighted by atomic mass is 9.92. The van der Waals surface area contributed by atoms with Gasteiger partial charge in [0.1, 0.15) is 5.82 Å². The first-order valence-corrected chi connectivity index (χ1v) is 9.38. The van der Waals surface area contributed by atoms with Crippen LogP contribution in [-0.4, -0.2) is 48.7 Å². The minimum absolute atomic E-state index is 0.185. The van der Waals surface area contributed by atoms with Crippen LogP contribution >= 0.6 is 11.8 Å². The van der Waals surface area contributed by atoms with Gasteiger partial charge < -0.3 is 4.90 Å². The number of rotatable bonds is 3. The number of carbonyl (C=O) groups is 1. The number of hydrogen-bond donors (Lipinski definition) is 0. The summed E-state index contributed by atoms with van der Waals surface area (Å²) in [5.74, 6) is 2.17. The Morgan fingerprint density at radius 2 is 1.92 bits per heavy atom. The van der Waals surface area contributed by atoms with Gasteiger partial charge in [-0.2, -0.15) is 0 Å². The van der Waals surface area contributed by atoms with Crippen molar-refractivity contribution >= 4 is 23.3 Å². The van der Waals surface area contributed by atoms with E-state index in [0.717, 1.165) is 35.4 Å². The molecule has 3 heterocycles. The Balaban J connectivity index is 1.77. The first-order valence-electron chi connectivity index (χ1n) is 8.50. The minimum atomic E-state index is -0.185. The predicted molar refractivity (Wildman–Crippen MR) is 95.1 cm³/mol. The van der Waals surface area contributed by atoms with Gasteiger partial charge >= 0.3 is 0 Å². The molecule has 0 aromatic carbocycles. The molecule has 0 bridgehead atoms. The maximum Gasteiger partial charge on any atom is 0.235 e. The van der Waals surface area contributed by atoms with Crippen LogP contribution in [0.1, 0.15) is 38.7 Å². The summed E-state index contributed by atoms with van der Waals surface area (Å²) in [5, 5.41) is 9.02. The molecule has 3 unspecified atom stereocenters. The molecular weight excluding hydrogens is 322 g/mol. The van der Waals surface area contributed by atoms with E-state index in [-0.39, 0.29) is 11.2 Å². The monoisotopic (exact) mass is 347 g/mol. The van der Waals surface area contributed by atoms with Crippen LogP contribution in [0.15, 0.2) is 11.2 Å². The van der Waals surface area contributed by atoms with Crippen LogP contribution in [0.4, 0.5) is 0 Å². The third kappa shape index (κ3) is 3.41. The van der Waals surface area contributed by atoms with Gasteiger partial charge in [-0.25, -0.2) is 4.98 Å². The van der Waals surface area contributed by atoms with E-state index in [1.165, 1.54) is 18.2 Å². The van der Waals surface area contributed by atoms with E-state index < -0.39 is 0 Å². The molecule has 24 heavy (non-hydrogen) atoms. The number of aromatic nitrogens is 4. The van der Waals surface area contributed by atoms with E-state index in [9.17, 15) is 4.79 Å². The van der Waals surface area contributed by atoms with Gasteiger partial charge in [0.25, 0.3) is 0 Å². The highest BCUT2D eigenvalue weighted by atomic mass is 32.2. The molecule has 0 saturated carbocycles. The summed E-state index contributed by atoms with van der Waals surface area (Å²) >= 11 is 1.46. The molecule has 7 heteroatoms. The van der Waals surface area contributed by atoms with Crippen molar-refractivity contribution in [2.45, 2.75) is 51.4 Å². The molecule has 130 valence electrons. The summed E-state index contributed by atoms with van der Waals surface area (Å²) < 4.78 is 1.92. The smallest absolute Gasteiger partial charge is 0.235 e. The van der Waals surface area contributed by atoms with Crippen LogP contribution in [0.3, 0.4) is 0 Å². The molecule has 0 radical (unpaired) electrons. The van der Waals surface area contributed by atoms with Crippen molar-refractivity contribution in [1.29, 1.82) is 0 Å².